The molecule has 0 aliphatic heterocycles. The van der Waals surface area contributed by atoms with E-state index in [1.54, 1.807) is 0 Å². The summed E-state index contributed by atoms with van der Waals surface area (Å²) in [6.45, 7) is 6.85. The van der Waals surface area contributed by atoms with Gasteiger partial charge in [0.1, 0.15) is 19.3 Å². The molecule has 0 saturated heterocycles. The number of rotatable bonds is 69. The van der Waals surface area contributed by atoms with E-state index in [0.717, 1.165) is 89.9 Å². The minimum absolute atomic E-state index is 0.0248. The fourth-order valence-corrected chi connectivity index (χ4v) is 11.8. The summed E-state index contributed by atoms with van der Waals surface area (Å²) in [6.07, 6.45) is 88.9. The van der Waals surface area contributed by atoms with Crippen molar-refractivity contribution < 1.29 is 37.3 Å². The summed E-state index contributed by atoms with van der Waals surface area (Å²) in [5.41, 5.74) is 0. The number of quaternary nitrogens is 1. The van der Waals surface area contributed by atoms with Crippen LogP contribution in [-0.4, -0.2) is 69.4 Å². The molecule has 3 unspecified atom stereocenters. The van der Waals surface area contributed by atoms with E-state index in [9.17, 15) is 19.0 Å². The number of amides is 1. The lowest BCUT2D eigenvalue weighted by atomic mass is 10.0. The maximum Gasteiger partial charge on any atom is 0.306 e. The van der Waals surface area contributed by atoms with E-state index in [4.69, 9.17) is 13.8 Å². The second kappa shape index (κ2) is 67.3. The number of allylic oxidation sites excluding steroid dienone is 11. The third kappa shape index (κ3) is 67.8. The third-order valence-corrected chi connectivity index (χ3v) is 17.8. The normalized spacial score (nSPS) is 13.9. The SMILES string of the molecule is CCCCC/C=C\C/C=C\C/C=C\C/C=C\CCCCCCCCCC(=O)OC(/C=C\CCCCCCCCCCCC)C(COP(=O)([O-])OCC[N+](C)(C)C)NC(=O)CCCCCCCCCCCCCCCCCCC/C=C/CCCCCCCC. The summed E-state index contributed by atoms with van der Waals surface area (Å²) in [5, 5.41) is 3.05. The van der Waals surface area contributed by atoms with E-state index in [0.29, 0.717) is 17.4 Å². The number of unbranched alkanes of at least 4 members (excludes halogenated alkanes) is 43. The molecule has 10 heteroatoms. The van der Waals surface area contributed by atoms with E-state index in [2.05, 4.69) is 86.8 Å². The number of carbonyl (C=O) groups is 2. The Morgan fingerprint density at radius 2 is 0.693 bits per heavy atom. The number of hydrogen-bond donors (Lipinski definition) is 1. The first-order valence-electron chi connectivity index (χ1n) is 37.7. The van der Waals surface area contributed by atoms with Crippen LogP contribution in [0.25, 0.3) is 0 Å². The highest BCUT2D eigenvalue weighted by molar-refractivity contribution is 7.45. The molecule has 1 amide bonds. The van der Waals surface area contributed by atoms with Gasteiger partial charge in [-0.2, -0.15) is 0 Å². The Hall–Kier alpha value is -2.55. The average molecular weight is 1250 g/mol. The molecule has 0 rings (SSSR count). The van der Waals surface area contributed by atoms with Crippen LogP contribution in [0.4, 0.5) is 0 Å². The van der Waals surface area contributed by atoms with Gasteiger partial charge in [0.2, 0.25) is 5.91 Å². The van der Waals surface area contributed by atoms with E-state index < -0.39 is 26.6 Å². The Morgan fingerprint density at radius 3 is 1.07 bits per heavy atom. The smallest absolute Gasteiger partial charge is 0.306 e. The van der Waals surface area contributed by atoms with Crippen LogP contribution in [0, 0.1) is 0 Å². The molecular formula is C78H145N2O7P. The number of carbonyl (C=O) groups excluding carboxylic acids is 2. The highest BCUT2D eigenvalue weighted by atomic mass is 31.2. The van der Waals surface area contributed by atoms with Crippen LogP contribution < -0.4 is 10.2 Å². The maximum atomic E-state index is 13.6. The molecule has 0 aromatic heterocycles. The summed E-state index contributed by atoms with van der Waals surface area (Å²) in [5.74, 6) is -0.541. The molecule has 0 aromatic carbocycles. The molecule has 514 valence electrons. The largest absolute Gasteiger partial charge is 0.756 e. The predicted octanol–water partition coefficient (Wildman–Crippen LogP) is 23.7. The Morgan fingerprint density at radius 1 is 0.398 bits per heavy atom. The van der Waals surface area contributed by atoms with Gasteiger partial charge in [0.05, 0.1) is 33.8 Å². The zero-order valence-electron chi connectivity index (χ0n) is 58.9. The molecule has 0 aromatic rings. The van der Waals surface area contributed by atoms with E-state index >= 15 is 0 Å². The highest BCUT2D eigenvalue weighted by Gasteiger charge is 2.27. The molecule has 0 aliphatic carbocycles. The zero-order chi connectivity index (χ0) is 64.2. The number of nitrogens with zero attached hydrogens (tertiary/aromatic N) is 1. The standard InChI is InChI=1S/C78H145N2O7P/c1-7-10-13-16-19-22-25-28-30-32-34-36-38-39-40-41-43-44-46-48-50-52-55-58-61-64-67-70-77(81)79-75(74-86-88(83,84)85-73-72-80(4,5)6)76(69-66-63-60-57-54-27-24-21-18-15-12-9-3)87-78(82)71-68-65-62-59-56-53-51-49-47-45-42-37-35-33-31-29-26-23-20-17-14-11-8-2/h20,23,28-31,35,37,45,47,66,69,75-76H,7-19,21-22,24-27,32-34,36,38-44,46,48-65,67-68,70-74H2,1-6H3,(H-,79,81,83,84)/b23-20-,30-28+,31-29-,37-35-,47-45-,69-66-. The van der Waals surface area contributed by atoms with Crippen molar-refractivity contribution >= 4 is 19.7 Å². The molecule has 3 atom stereocenters. The minimum atomic E-state index is -4.71. The minimum Gasteiger partial charge on any atom is -0.756 e. The topological polar surface area (TPSA) is 114 Å². The number of phosphoric acid groups is 1. The molecule has 1 N–H and O–H groups in total. The number of ether oxygens (including phenoxy) is 1. The van der Waals surface area contributed by atoms with Crippen molar-refractivity contribution in [1.29, 1.82) is 0 Å². The van der Waals surface area contributed by atoms with Crippen LogP contribution in [0.3, 0.4) is 0 Å². The lowest BCUT2D eigenvalue weighted by Crippen LogP contribution is -2.47. The molecule has 0 bridgehead atoms. The van der Waals surface area contributed by atoms with E-state index in [1.165, 1.54) is 238 Å². The van der Waals surface area contributed by atoms with Gasteiger partial charge in [0, 0.05) is 12.8 Å². The first-order chi connectivity index (χ1) is 42.9. The maximum absolute atomic E-state index is 13.6. The molecule has 0 saturated carbocycles. The van der Waals surface area contributed by atoms with E-state index in [1.807, 2.05) is 33.3 Å². The van der Waals surface area contributed by atoms with Crippen LogP contribution in [0.15, 0.2) is 72.9 Å². The lowest BCUT2D eigenvalue weighted by molar-refractivity contribution is -0.870. The number of phosphoric ester groups is 1. The van der Waals surface area contributed by atoms with Crippen LogP contribution in [0.5, 0.6) is 0 Å². The highest BCUT2D eigenvalue weighted by Crippen LogP contribution is 2.38. The van der Waals surface area contributed by atoms with Crippen LogP contribution in [0.1, 0.15) is 361 Å². The van der Waals surface area contributed by atoms with Crippen molar-refractivity contribution in [3.63, 3.8) is 0 Å². The van der Waals surface area contributed by atoms with Crippen LogP contribution in [-0.2, 0) is 27.9 Å². The molecule has 9 nitrogen and oxygen atoms in total. The molecule has 0 radical (unpaired) electrons. The van der Waals surface area contributed by atoms with Gasteiger partial charge < -0.3 is 28.5 Å². The molecule has 0 fully saturated rings. The Kier molecular flexibility index (Phi) is 65.4. The van der Waals surface area contributed by atoms with Gasteiger partial charge in [0.25, 0.3) is 7.82 Å². The van der Waals surface area contributed by atoms with Gasteiger partial charge in [-0.25, -0.2) is 0 Å². The Bertz CT molecular complexity index is 1730. The fraction of sp³-hybridized carbons (Fsp3) is 0.821. The van der Waals surface area contributed by atoms with Gasteiger partial charge in [0.15, 0.2) is 0 Å². The van der Waals surface area contributed by atoms with Crippen molar-refractivity contribution in [2.45, 2.75) is 373 Å². The molecular weight excluding hydrogens is 1110 g/mol. The average Bonchev–Trinajstić information content (AvgIpc) is 3.71. The van der Waals surface area contributed by atoms with Gasteiger partial charge in [-0.3, -0.25) is 14.2 Å². The second-order valence-corrected chi connectivity index (χ2v) is 28.2. The summed E-state index contributed by atoms with van der Waals surface area (Å²) in [7, 11) is 1.19. The predicted molar refractivity (Wildman–Crippen MR) is 381 cm³/mol. The van der Waals surface area contributed by atoms with Gasteiger partial charge in [-0.05, 0) is 102 Å². The Balaban J connectivity index is 5.00. The van der Waals surface area contributed by atoms with Crippen molar-refractivity contribution in [2.24, 2.45) is 0 Å². The third-order valence-electron chi connectivity index (χ3n) is 16.9. The van der Waals surface area contributed by atoms with Crippen molar-refractivity contribution in [3.8, 4) is 0 Å². The van der Waals surface area contributed by atoms with E-state index in [-0.39, 0.29) is 24.9 Å². The molecule has 88 heavy (non-hydrogen) atoms. The summed E-state index contributed by atoms with van der Waals surface area (Å²) in [6, 6.07) is -0.896. The summed E-state index contributed by atoms with van der Waals surface area (Å²) < 4.78 is 30.5. The second-order valence-electron chi connectivity index (χ2n) is 26.8. The molecule has 0 heterocycles. The summed E-state index contributed by atoms with van der Waals surface area (Å²) in [4.78, 5) is 40.3. The monoisotopic (exact) mass is 1250 g/mol. The van der Waals surface area contributed by atoms with Crippen molar-refractivity contribution in [1.82, 2.24) is 5.32 Å². The molecule has 0 spiro atoms. The number of nitrogens with one attached hydrogen (secondary N) is 1. The van der Waals surface area contributed by atoms with Crippen LogP contribution >= 0.6 is 7.82 Å². The van der Waals surface area contributed by atoms with Crippen molar-refractivity contribution in [2.75, 3.05) is 40.9 Å². The summed E-state index contributed by atoms with van der Waals surface area (Å²) >= 11 is 0. The van der Waals surface area contributed by atoms with Crippen molar-refractivity contribution in [3.05, 3.63) is 72.9 Å². The first kappa shape index (κ1) is 85.5. The fourth-order valence-electron chi connectivity index (χ4n) is 11.0. The van der Waals surface area contributed by atoms with Gasteiger partial charge in [-0.1, -0.05) is 319 Å². The number of likely N-dealkylation sites (N-methyl/N-ethyl adjacent to an activating group) is 1. The first-order valence-corrected chi connectivity index (χ1v) is 39.2. The Labute approximate surface area is 546 Å². The lowest BCUT2D eigenvalue weighted by Gasteiger charge is -2.30. The van der Waals surface area contributed by atoms with Gasteiger partial charge in [-0.15, -0.1) is 0 Å². The molecule has 0 aliphatic rings. The quantitative estimate of drug-likeness (QED) is 0.0212. The zero-order valence-corrected chi connectivity index (χ0v) is 59.8. The number of hydrogen-bond acceptors (Lipinski definition) is 7. The van der Waals surface area contributed by atoms with Crippen LogP contribution in [0.2, 0.25) is 0 Å². The number of esters is 1. The van der Waals surface area contributed by atoms with Gasteiger partial charge >= 0.3 is 5.97 Å².